The zero-order valence-electron chi connectivity index (χ0n) is 39.6. The molecule has 0 unspecified atom stereocenters. The lowest BCUT2D eigenvalue weighted by Gasteiger charge is -2.32. The Balaban J connectivity index is 4.83. The number of ether oxygens (including phenoxy) is 3. The standard InChI is InChI=1S/C43H88N10O8/c1-35(2)32-51(25-19-48-42(57)13-23-52(33-36(3)4)26-27-53(38(7)8)34-37(5)6)22-12-41(56)47-18-24-50(20-10-39(54)45-15-14-44)21-11-40(55)46-16-17-49-43(58)61-31-30-60-29-28-59-9/h35-38H,10-34,44H2,1-9H3,(H,45,54)(H,46,55)(H,47,56)(H,48,57)(H,49,58). The molecule has 0 spiro atoms. The van der Waals surface area contributed by atoms with Crippen LogP contribution in [-0.2, 0) is 33.4 Å². The summed E-state index contributed by atoms with van der Waals surface area (Å²) < 4.78 is 15.1. The van der Waals surface area contributed by atoms with Crippen LogP contribution >= 0.6 is 0 Å². The predicted molar refractivity (Wildman–Crippen MR) is 242 cm³/mol. The minimum atomic E-state index is -0.599. The molecule has 0 aromatic rings. The first-order valence-electron chi connectivity index (χ1n) is 22.7. The van der Waals surface area contributed by atoms with Gasteiger partial charge in [-0.25, -0.2) is 4.79 Å². The highest BCUT2D eigenvalue weighted by atomic mass is 16.6. The average molecular weight is 873 g/mol. The van der Waals surface area contributed by atoms with E-state index in [9.17, 15) is 24.0 Å². The summed E-state index contributed by atoms with van der Waals surface area (Å²) in [6.45, 7) is 28.9. The summed E-state index contributed by atoms with van der Waals surface area (Å²) >= 11 is 0. The smallest absolute Gasteiger partial charge is 0.407 e. The number of nitrogens with one attached hydrogen (secondary N) is 5. The van der Waals surface area contributed by atoms with Gasteiger partial charge in [-0.15, -0.1) is 0 Å². The number of nitrogens with two attached hydrogens (primary N) is 1. The Bertz CT molecular complexity index is 1160. The Morgan fingerprint density at radius 2 is 0.902 bits per heavy atom. The van der Waals surface area contributed by atoms with Gasteiger partial charge in [-0.1, -0.05) is 41.5 Å². The SMILES string of the molecule is COCCOCCOC(=O)NCCNC(=O)CCN(CCNC(=O)CCN(CCNC(=O)CCN(CCN(CC(C)C)C(C)C)CC(C)C)CC(C)C)CCC(=O)NCCN. The van der Waals surface area contributed by atoms with Crippen molar-refractivity contribution >= 4 is 29.7 Å². The monoisotopic (exact) mass is 873 g/mol. The van der Waals surface area contributed by atoms with Crippen LogP contribution in [0.25, 0.3) is 0 Å². The van der Waals surface area contributed by atoms with Crippen LogP contribution in [0.2, 0.25) is 0 Å². The second kappa shape index (κ2) is 37.4. The Morgan fingerprint density at radius 1 is 0.475 bits per heavy atom. The second-order valence-electron chi connectivity index (χ2n) is 17.1. The molecule has 0 saturated carbocycles. The van der Waals surface area contributed by atoms with E-state index in [4.69, 9.17) is 19.9 Å². The molecule has 18 heteroatoms. The molecule has 18 nitrogen and oxygen atoms in total. The van der Waals surface area contributed by atoms with Gasteiger partial charge >= 0.3 is 6.09 Å². The van der Waals surface area contributed by atoms with Crippen LogP contribution in [0.15, 0.2) is 0 Å². The molecular formula is C43H88N10O8. The highest BCUT2D eigenvalue weighted by Crippen LogP contribution is 2.07. The maximum Gasteiger partial charge on any atom is 0.407 e. The summed E-state index contributed by atoms with van der Waals surface area (Å²) in [4.78, 5) is 71.6. The third-order valence-electron chi connectivity index (χ3n) is 9.48. The van der Waals surface area contributed by atoms with Gasteiger partial charge < -0.3 is 61.2 Å². The number of nitrogens with zero attached hydrogens (tertiary/aromatic N) is 4. The second-order valence-corrected chi connectivity index (χ2v) is 17.1. The van der Waals surface area contributed by atoms with Gasteiger partial charge in [0, 0.05) is 150 Å². The van der Waals surface area contributed by atoms with Crippen LogP contribution in [-0.4, -0.2) is 200 Å². The van der Waals surface area contributed by atoms with Gasteiger partial charge in [0.05, 0.1) is 19.8 Å². The third kappa shape index (κ3) is 36.1. The molecule has 0 rings (SSSR count). The van der Waals surface area contributed by atoms with E-state index in [1.807, 2.05) is 4.90 Å². The van der Waals surface area contributed by atoms with Gasteiger partial charge in [-0.3, -0.25) is 24.1 Å². The number of hydrogen-bond donors (Lipinski definition) is 6. The fourth-order valence-corrected chi connectivity index (χ4v) is 6.42. The molecule has 5 amide bonds. The Labute approximate surface area is 368 Å². The van der Waals surface area contributed by atoms with Crippen molar-refractivity contribution in [1.82, 2.24) is 46.2 Å². The van der Waals surface area contributed by atoms with Crippen LogP contribution in [0, 0.1) is 17.8 Å². The van der Waals surface area contributed by atoms with Gasteiger partial charge in [0.15, 0.2) is 0 Å². The van der Waals surface area contributed by atoms with Crippen molar-refractivity contribution in [3.05, 3.63) is 0 Å². The number of amides is 5. The summed E-state index contributed by atoms with van der Waals surface area (Å²) in [5.41, 5.74) is 5.51. The molecule has 0 fully saturated rings. The van der Waals surface area contributed by atoms with Crippen LogP contribution in [0.1, 0.15) is 81.1 Å². The van der Waals surface area contributed by atoms with Gasteiger partial charge in [0.25, 0.3) is 0 Å². The molecule has 0 atom stereocenters. The summed E-state index contributed by atoms with van der Waals surface area (Å²) in [5, 5.41) is 14.2. The number of rotatable bonds is 39. The van der Waals surface area contributed by atoms with E-state index >= 15 is 0 Å². The van der Waals surface area contributed by atoms with E-state index in [-0.39, 0.29) is 62.8 Å². The van der Waals surface area contributed by atoms with E-state index in [1.165, 1.54) is 0 Å². The first-order chi connectivity index (χ1) is 29.1. The van der Waals surface area contributed by atoms with Gasteiger partial charge in [0.1, 0.15) is 6.61 Å². The summed E-state index contributed by atoms with van der Waals surface area (Å²) in [7, 11) is 1.58. The van der Waals surface area contributed by atoms with Crippen LogP contribution in [0.5, 0.6) is 0 Å². The Morgan fingerprint density at radius 3 is 1.38 bits per heavy atom. The van der Waals surface area contributed by atoms with Crippen molar-refractivity contribution < 1.29 is 38.2 Å². The van der Waals surface area contributed by atoms with E-state index in [1.54, 1.807) is 7.11 Å². The summed E-state index contributed by atoms with van der Waals surface area (Å²) in [6, 6.07) is 0.484. The fraction of sp³-hybridized carbons (Fsp3) is 0.884. The number of hydrogen-bond acceptors (Lipinski definition) is 13. The van der Waals surface area contributed by atoms with Crippen molar-refractivity contribution in [2.45, 2.75) is 87.1 Å². The van der Waals surface area contributed by atoms with Crippen molar-refractivity contribution in [3.63, 3.8) is 0 Å². The van der Waals surface area contributed by atoms with E-state index in [0.29, 0.717) is 109 Å². The highest BCUT2D eigenvalue weighted by molar-refractivity contribution is 5.77. The molecule has 7 N–H and O–H groups in total. The molecule has 0 radical (unpaired) electrons. The molecule has 61 heavy (non-hydrogen) atoms. The third-order valence-corrected chi connectivity index (χ3v) is 9.48. The van der Waals surface area contributed by atoms with Crippen LogP contribution in [0.3, 0.4) is 0 Å². The first-order valence-corrected chi connectivity index (χ1v) is 22.7. The summed E-state index contributed by atoms with van der Waals surface area (Å²) in [6.07, 6.45) is 0.565. The first kappa shape index (κ1) is 57.9. The molecule has 0 aliphatic rings. The van der Waals surface area contributed by atoms with E-state index < -0.39 is 6.09 Å². The Kier molecular flexibility index (Phi) is 35.5. The number of methoxy groups -OCH3 is 1. The normalized spacial score (nSPS) is 11.8. The van der Waals surface area contributed by atoms with Gasteiger partial charge in [-0.05, 0) is 31.6 Å². The maximum absolute atomic E-state index is 12.9. The Hall–Kier alpha value is -3.13. The minimum absolute atomic E-state index is 0.0451. The number of alkyl carbamates (subject to hydrolysis) is 1. The molecule has 0 aliphatic heterocycles. The molecule has 0 aromatic heterocycles. The molecule has 0 aliphatic carbocycles. The lowest BCUT2D eigenvalue weighted by molar-refractivity contribution is -0.123. The molecule has 358 valence electrons. The van der Waals surface area contributed by atoms with Crippen LogP contribution in [0.4, 0.5) is 4.79 Å². The zero-order chi connectivity index (χ0) is 45.8. The number of carbonyl (C=O) groups excluding carboxylic acids is 5. The molecule has 0 saturated heterocycles. The fourth-order valence-electron chi connectivity index (χ4n) is 6.42. The van der Waals surface area contributed by atoms with Crippen molar-refractivity contribution in [2.75, 3.05) is 145 Å². The van der Waals surface area contributed by atoms with E-state index in [0.717, 1.165) is 39.3 Å². The molecular weight excluding hydrogens is 785 g/mol. The zero-order valence-corrected chi connectivity index (χ0v) is 39.6. The predicted octanol–water partition coefficient (Wildman–Crippen LogP) is 0.944. The topological polar surface area (TPSA) is 212 Å². The molecule has 0 aromatic carbocycles. The average Bonchev–Trinajstić information content (AvgIpc) is 3.19. The van der Waals surface area contributed by atoms with E-state index in [2.05, 4.69) is 96.7 Å². The molecule has 0 bridgehead atoms. The van der Waals surface area contributed by atoms with Crippen molar-refractivity contribution in [2.24, 2.45) is 23.5 Å². The van der Waals surface area contributed by atoms with Crippen LogP contribution < -0.4 is 32.3 Å². The number of carbonyl (C=O) groups is 5. The van der Waals surface area contributed by atoms with Crippen molar-refractivity contribution in [3.8, 4) is 0 Å². The summed E-state index contributed by atoms with van der Waals surface area (Å²) in [5.74, 6) is 1.14. The lowest BCUT2D eigenvalue weighted by atomic mass is 10.1. The van der Waals surface area contributed by atoms with Crippen molar-refractivity contribution in [1.29, 1.82) is 0 Å². The quantitative estimate of drug-likeness (QED) is 0.0476. The minimum Gasteiger partial charge on any atom is -0.447 e. The maximum atomic E-state index is 12.9. The molecule has 0 heterocycles. The van der Waals surface area contributed by atoms with Gasteiger partial charge in [-0.2, -0.15) is 0 Å². The van der Waals surface area contributed by atoms with Gasteiger partial charge in [0.2, 0.25) is 23.6 Å². The largest absolute Gasteiger partial charge is 0.447 e. The highest BCUT2D eigenvalue weighted by Gasteiger charge is 2.17. The lowest BCUT2D eigenvalue weighted by Crippen LogP contribution is -2.43.